The Morgan fingerprint density at radius 1 is 1.26 bits per heavy atom. The quantitative estimate of drug-likeness (QED) is 0.235. The van der Waals surface area contributed by atoms with E-state index in [1.165, 1.54) is 18.2 Å². The molecule has 0 aromatic heterocycles. The number of carbonyl (C=O) groups excluding carboxylic acids is 1. The zero-order valence-electron chi connectivity index (χ0n) is 17.7. The molecule has 0 aromatic rings. The standard InChI is InChI=1S/C19H30O11S/c1-10-7-12(20)8-18(3,4)19(10,24)6-5-11(2)29-17-16(23)15(22)14(21)13(30-17)9-28-31(25,26)27/h5-7,11,13-17,21-24H,8-9H2,1-4H3,(H,25,26,27)/b6-5+/t11-,13+,14+,15-,16+,17+,19-/m0/s1. The van der Waals surface area contributed by atoms with E-state index in [1.54, 1.807) is 27.7 Å². The van der Waals surface area contributed by atoms with Gasteiger partial charge in [-0.05, 0) is 31.6 Å². The molecule has 1 heterocycles. The van der Waals surface area contributed by atoms with Gasteiger partial charge in [-0.15, -0.1) is 0 Å². The van der Waals surface area contributed by atoms with E-state index in [0.717, 1.165) is 0 Å². The van der Waals surface area contributed by atoms with Crippen LogP contribution < -0.4 is 0 Å². The van der Waals surface area contributed by atoms with Crippen molar-refractivity contribution in [3.05, 3.63) is 23.8 Å². The summed E-state index contributed by atoms with van der Waals surface area (Å²) < 4.78 is 45.2. The monoisotopic (exact) mass is 466 g/mol. The molecule has 1 saturated heterocycles. The van der Waals surface area contributed by atoms with Crippen LogP contribution in [0, 0.1) is 5.41 Å². The number of rotatable bonds is 7. The fourth-order valence-electron chi connectivity index (χ4n) is 3.72. The minimum absolute atomic E-state index is 0.0886. The number of aliphatic hydroxyl groups is 4. The highest BCUT2D eigenvalue weighted by molar-refractivity contribution is 7.80. The van der Waals surface area contributed by atoms with Crippen molar-refractivity contribution in [2.24, 2.45) is 5.41 Å². The van der Waals surface area contributed by atoms with Crippen molar-refractivity contribution in [2.45, 2.75) is 76.5 Å². The van der Waals surface area contributed by atoms with E-state index in [9.17, 15) is 33.6 Å². The molecule has 31 heavy (non-hydrogen) atoms. The smallest absolute Gasteiger partial charge is 0.387 e. The summed E-state index contributed by atoms with van der Waals surface area (Å²) in [6.07, 6.45) is -4.26. The minimum Gasteiger partial charge on any atom is -0.387 e. The zero-order valence-corrected chi connectivity index (χ0v) is 18.5. The maximum Gasteiger partial charge on any atom is 0.397 e. The van der Waals surface area contributed by atoms with Crippen LogP contribution in [0.25, 0.3) is 0 Å². The van der Waals surface area contributed by atoms with Crippen LogP contribution in [0.2, 0.25) is 0 Å². The van der Waals surface area contributed by atoms with Crippen LogP contribution >= 0.6 is 0 Å². The molecule has 0 amide bonds. The molecule has 5 N–H and O–H groups in total. The zero-order chi connectivity index (χ0) is 23.8. The Bertz CT molecular complexity index is 834. The largest absolute Gasteiger partial charge is 0.397 e. The summed E-state index contributed by atoms with van der Waals surface area (Å²) in [4.78, 5) is 11.8. The predicted molar refractivity (Wildman–Crippen MR) is 106 cm³/mol. The van der Waals surface area contributed by atoms with Gasteiger partial charge in [0.05, 0.1) is 12.7 Å². The highest BCUT2D eigenvalue weighted by Gasteiger charge is 2.47. The Morgan fingerprint density at radius 2 is 1.87 bits per heavy atom. The Kier molecular flexibility index (Phi) is 7.84. The van der Waals surface area contributed by atoms with Gasteiger partial charge in [-0.25, -0.2) is 4.18 Å². The van der Waals surface area contributed by atoms with Crippen LogP contribution in [-0.2, 0) is 28.9 Å². The maximum absolute atomic E-state index is 11.8. The van der Waals surface area contributed by atoms with E-state index < -0.39 is 64.8 Å². The summed E-state index contributed by atoms with van der Waals surface area (Å²) >= 11 is 0. The lowest BCUT2D eigenvalue weighted by molar-refractivity contribution is -0.305. The van der Waals surface area contributed by atoms with Gasteiger partial charge in [-0.3, -0.25) is 9.35 Å². The number of allylic oxidation sites excluding steroid dienone is 1. The minimum atomic E-state index is -4.81. The molecule has 0 aromatic carbocycles. The Balaban J connectivity index is 2.11. The number of hydrogen-bond donors (Lipinski definition) is 5. The summed E-state index contributed by atoms with van der Waals surface area (Å²) in [5.41, 5.74) is -1.74. The second-order valence-electron chi connectivity index (χ2n) is 8.55. The molecule has 0 radical (unpaired) electrons. The molecular formula is C19H30O11S. The van der Waals surface area contributed by atoms with E-state index in [4.69, 9.17) is 14.0 Å². The van der Waals surface area contributed by atoms with Crippen molar-refractivity contribution in [3.63, 3.8) is 0 Å². The van der Waals surface area contributed by atoms with Gasteiger partial charge in [0, 0.05) is 11.8 Å². The Hall–Kier alpha value is -1.22. The number of ketones is 1. The molecule has 1 aliphatic heterocycles. The van der Waals surface area contributed by atoms with Gasteiger partial charge >= 0.3 is 10.4 Å². The first-order valence-electron chi connectivity index (χ1n) is 9.68. The molecule has 1 aliphatic carbocycles. The van der Waals surface area contributed by atoms with Gasteiger partial charge in [0.25, 0.3) is 0 Å². The average Bonchev–Trinajstić information content (AvgIpc) is 2.63. The van der Waals surface area contributed by atoms with E-state index in [1.807, 2.05) is 0 Å². The topological polar surface area (TPSA) is 180 Å². The number of aliphatic hydroxyl groups excluding tert-OH is 3. The van der Waals surface area contributed by atoms with Gasteiger partial charge in [0.1, 0.15) is 30.0 Å². The number of hydrogen-bond acceptors (Lipinski definition) is 10. The van der Waals surface area contributed by atoms with E-state index in [0.29, 0.717) is 5.57 Å². The van der Waals surface area contributed by atoms with Crippen molar-refractivity contribution in [3.8, 4) is 0 Å². The second kappa shape index (κ2) is 9.33. The first-order valence-corrected chi connectivity index (χ1v) is 11.0. The Labute approximate surface area is 180 Å². The Morgan fingerprint density at radius 3 is 2.42 bits per heavy atom. The first kappa shape index (κ1) is 26.0. The fourth-order valence-corrected chi connectivity index (χ4v) is 4.02. The second-order valence-corrected chi connectivity index (χ2v) is 9.64. The molecule has 0 saturated carbocycles. The normalized spacial score (nSPS) is 37.6. The fraction of sp³-hybridized carbons (Fsp3) is 0.737. The summed E-state index contributed by atoms with van der Waals surface area (Å²) in [5.74, 6) is -0.0886. The van der Waals surface area contributed by atoms with Gasteiger partial charge in [0.15, 0.2) is 12.1 Å². The summed E-state index contributed by atoms with van der Waals surface area (Å²) in [6.45, 7) is 5.89. The molecule has 0 unspecified atom stereocenters. The van der Waals surface area contributed by atoms with Gasteiger partial charge in [0.2, 0.25) is 0 Å². The SMILES string of the molecule is CC1=CC(=O)CC(C)(C)[C@]1(O)/C=C/[C@H](C)O[C@@H]1O[C@H](COS(=O)(=O)O)[C@@H](O)[C@H](O)[C@H]1O. The number of carbonyl (C=O) groups is 1. The van der Waals surface area contributed by atoms with Crippen molar-refractivity contribution in [1.82, 2.24) is 0 Å². The molecule has 1 fully saturated rings. The van der Waals surface area contributed by atoms with E-state index >= 15 is 0 Å². The maximum atomic E-state index is 11.8. The third kappa shape index (κ3) is 5.97. The van der Waals surface area contributed by atoms with Crippen LogP contribution in [0.1, 0.15) is 34.1 Å². The third-order valence-electron chi connectivity index (χ3n) is 5.63. The molecule has 12 heteroatoms. The van der Waals surface area contributed by atoms with Gasteiger partial charge < -0.3 is 29.9 Å². The molecule has 0 bridgehead atoms. The molecule has 0 spiro atoms. The highest BCUT2D eigenvalue weighted by Crippen LogP contribution is 2.44. The molecule has 2 rings (SSSR count). The first-order chi connectivity index (χ1) is 14.1. The van der Waals surface area contributed by atoms with Crippen LogP contribution in [0.3, 0.4) is 0 Å². The third-order valence-corrected chi connectivity index (χ3v) is 6.07. The molecule has 7 atom stereocenters. The summed E-state index contributed by atoms with van der Waals surface area (Å²) in [6, 6.07) is 0. The molecule has 2 aliphatic rings. The van der Waals surface area contributed by atoms with Gasteiger partial charge in [-0.2, -0.15) is 8.42 Å². The lowest BCUT2D eigenvalue weighted by Gasteiger charge is -2.44. The molecule has 178 valence electrons. The average molecular weight is 467 g/mol. The number of ether oxygens (including phenoxy) is 2. The van der Waals surface area contributed by atoms with Crippen LogP contribution in [0.15, 0.2) is 23.8 Å². The molecule has 11 nitrogen and oxygen atoms in total. The van der Waals surface area contributed by atoms with Crippen LogP contribution in [0.4, 0.5) is 0 Å². The van der Waals surface area contributed by atoms with Gasteiger partial charge in [-0.1, -0.05) is 19.9 Å². The van der Waals surface area contributed by atoms with E-state index in [2.05, 4.69) is 4.18 Å². The van der Waals surface area contributed by atoms with E-state index in [-0.39, 0.29) is 12.2 Å². The van der Waals surface area contributed by atoms with Crippen molar-refractivity contribution in [1.29, 1.82) is 0 Å². The van der Waals surface area contributed by atoms with Crippen molar-refractivity contribution in [2.75, 3.05) is 6.61 Å². The lowest BCUT2D eigenvalue weighted by atomic mass is 9.64. The van der Waals surface area contributed by atoms with Crippen LogP contribution in [-0.4, -0.2) is 88.2 Å². The van der Waals surface area contributed by atoms with Crippen molar-refractivity contribution >= 4 is 16.2 Å². The van der Waals surface area contributed by atoms with Crippen LogP contribution in [0.5, 0.6) is 0 Å². The predicted octanol–water partition coefficient (Wildman–Crippen LogP) is -0.749. The highest BCUT2D eigenvalue weighted by atomic mass is 32.3. The molecular weight excluding hydrogens is 436 g/mol. The lowest BCUT2D eigenvalue weighted by Crippen LogP contribution is -2.59. The summed E-state index contributed by atoms with van der Waals surface area (Å²) in [7, 11) is -4.81. The summed E-state index contributed by atoms with van der Waals surface area (Å²) in [5, 5.41) is 41.2. The van der Waals surface area contributed by atoms with Crippen molar-refractivity contribution < 1.29 is 51.8 Å².